The molecule has 1 aliphatic heterocycles. The summed E-state index contributed by atoms with van der Waals surface area (Å²) in [6, 6.07) is 21.0. The molecular formula is C21H25NO3. The molecule has 1 N–H and O–H groups in total. The second-order valence-electron chi connectivity index (χ2n) is 6.92. The van der Waals surface area contributed by atoms with E-state index in [0.717, 1.165) is 19.5 Å². The predicted octanol–water partition coefficient (Wildman–Crippen LogP) is 3.71. The van der Waals surface area contributed by atoms with E-state index in [1.54, 1.807) is 6.92 Å². The van der Waals surface area contributed by atoms with E-state index >= 15 is 0 Å². The smallest absolute Gasteiger partial charge is 0.335 e. The van der Waals surface area contributed by atoms with E-state index in [-0.39, 0.29) is 6.04 Å². The van der Waals surface area contributed by atoms with Crippen molar-refractivity contribution < 1.29 is 14.6 Å². The van der Waals surface area contributed by atoms with E-state index in [2.05, 4.69) is 53.4 Å². The molecule has 2 aromatic carbocycles. The van der Waals surface area contributed by atoms with Crippen LogP contribution < -0.4 is 0 Å². The number of carboxylic acids is 1. The summed E-state index contributed by atoms with van der Waals surface area (Å²) in [7, 11) is 0. The number of nitrogens with zero attached hydrogens (tertiary/aromatic N) is 1. The molecule has 132 valence electrons. The minimum absolute atomic E-state index is 0.216. The highest BCUT2D eigenvalue weighted by Gasteiger charge is 2.40. The first-order valence-electron chi connectivity index (χ1n) is 8.76. The Morgan fingerprint density at radius 3 is 2.00 bits per heavy atom. The zero-order valence-electron chi connectivity index (χ0n) is 14.6. The fourth-order valence-corrected chi connectivity index (χ4v) is 3.28. The third kappa shape index (κ3) is 4.47. The van der Waals surface area contributed by atoms with Gasteiger partial charge < -0.3 is 9.84 Å². The van der Waals surface area contributed by atoms with Crippen LogP contribution >= 0.6 is 0 Å². The first-order chi connectivity index (χ1) is 12.1. The molecule has 0 bridgehead atoms. The summed E-state index contributed by atoms with van der Waals surface area (Å²) in [5, 5.41) is 9.35. The molecule has 0 aliphatic carbocycles. The van der Waals surface area contributed by atoms with Crippen molar-refractivity contribution in [1.29, 1.82) is 0 Å². The molecule has 4 heteroatoms. The number of carboxylic acid groups (broad SMARTS) is 1. The van der Waals surface area contributed by atoms with Gasteiger partial charge in [0, 0.05) is 19.1 Å². The van der Waals surface area contributed by atoms with Crippen molar-refractivity contribution >= 4 is 5.97 Å². The number of carbonyl (C=O) groups is 1. The van der Waals surface area contributed by atoms with Crippen LogP contribution in [-0.2, 0) is 22.6 Å². The van der Waals surface area contributed by atoms with Gasteiger partial charge in [0.1, 0.15) is 0 Å². The number of rotatable bonds is 6. The molecule has 3 rings (SSSR count). The van der Waals surface area contributed by atoms with Gasteiger partial charge in [-0.25, -0.2) is 4.79 Å². The lowest BCUT2D eigenvalue weighted by Gasteiger charge is -2.40. The number of benzene rings is 2. The number of hydrogen-bond acceptors (Lipinski definition) is 3. The van der Waals surface area contributed by atoms with Crippen LogP contribution in [-0.4, -0.2) is 34.2 Å². The lowest BCUT2D eigenvalue weighted by atomic mass is 9.92. The first kappa shape index (κ1) is 17.6. The monoisotopic (exact) mass is 339 g/mol. The van der Waals surface area contributed by atoms with Crippen molar-refractivity contribution in [2.75, 3.05) is 6.61 Å². The van der Waals surface area contributed by atoms with Gasteiger partial charge in [0.15, 0.2) is 5.60 Å². The second kappa shape index (κ2) is 7.81. The SMILES string of the molecule is C[C@@]1(C(=O)O)CC[C@@H](N(Cc2ccccc2)Cc2ccccc2)CO1. The van der Waals surface area contributed by atoms with Gasteiger partial charge >= 0.3 is 5.97 Å². The standard InChI is InChI=1S/C21H25NO3/c1-21(20(23)24)13-12-19(16-25-21)22(14-17-8-4-2-5-9-17)15-18-10-6-3-7-11-18/h2-11,19H,12-16H2,1H3,(H,23,24)/t19-,21+/m1/s1. The first-order valence-corrected chi connectivity index (χ1v) is 8.76. The van der Waals surface area contributed by atoms with Crippen LogP contribution in [0.4, 0.5) is 0 Å². The molecule has 1 saturated heterocycles. The van der Waals surface area contributed by atoms with Crippen molar-refractivity contribution in [2.45, 2.75) is 44.5 Å². The Kier molecular flexibility index (Phi) is 5.51. The van der Waals surface area contributed by atoms with Gasteiger partial charge in [0.2, 0.25) is 0 Å². The molecular weight excluding hydrogens is 314 g/mol. The maximum atomic E-state index is 11.4. The number of ether oxygens (including phenoxy) is 1. The van der Waals surface area contributed by atoms with Gasteiger partial charge in [-0.1, -0.05) is 60.7 Å². The summed E-state index contributed by atoms with van der Waals surface area (Å²) in [6.07, 6.45) is 1.36. The van der Waals surface area contributed by atoms with Gasteiger partial charge in [-0.15, -0.1) is 0 Å². The summed E-state index contributed by atoms with van der Waals surface area (Å²) < 4.78 is 5.75. The molecule has 25 heavy (non-hydrogen) atoms. The molecule has 0 aromatic heterocycles. The second-order valence-corrected chi connectivity index (χ2v) is 6.92. The van der Waals surface area contributed by atoms with Crippen LogP contribution in [0.3, 0.4) is 0 Å². The van der Waals surface area contributed by atoms with Crippen molar-refractivity contribution in [3.05, 3.63) is 71.8 Å². The minimum atomic E-state index is -1.05. The summed E-state index contributed by atoms with van der Waals surface area (Å²) >= 11 is 0. The van der Waals surface area contributed by atoms with Gasteiger partial charge in [-0.3, -0.25) is 4.90 Å². The summed E-state index contributed by atoms with van der Waals surface area (Å²) in [5.74, 6) is -0.872. The van der Waals surface area contributed by atoms with E-state index in [9.17, 15) is 9.90 Å². The van der Waals surface area contributed by atoms with E-state index in [0.29, 0.717) is 13.0 Å². The fraction of sp³-hybridized carbons (Fsp3) is 0.381. The Hall–Kier alpha value is -2.17. The maximum absolute atomic E-state index is 11.4. The Bertz CT molecular complexity index is 637. The summed E-state index contributed by atoms with van der Waals surface area (Å²) in [6.45, 7) is 3.77. The molecule has 0 unspecified atom stereocenters. The van der Waals surface area contributed by atoms with Crippen LogP contribution in [0, 0.1) is 0 Å². The van der Waals surface area contributed by atoms with E-state index < -0.39 is 11.6 Å². The topological polar surface area (TPSA) is 49.8 Å². The van der Waals surface area contributed by atoms with Gasteiger partial charge in [0.25, 0.3) is 0 Å². The highest BCUT2D eigenvalue weighted by molar-refractivity contribution is 5.77. The molecule has 0 saturated carbocycles. The normalized spacial score (nSPS) is 23.5. The van der Waals surface area contributed by atoms with Crippen LogP contribution in [0.5, 0.6) is 0 Å². The van der Waals surface area contributed by atoms with E-state index in [1.807, 2.05) is 12.1 Å². The van der Waals surface area contributed by atoms with E-state index in [4.69, 9.17) is 4.74 Å². The lowest BCUT2D eigenvalue weighted by molar-refractivity contribution is -0.174. The molecule has 2 atom stereocenters. The number of hydrogen-bond donors (Lipinski definition) is 1. The van der Waals surface area contributed by atoms with Gasteiger partial charge in [0.05, 0.1) is 6.61 Å². The van der Waals surface area contributed by atoms with E-state index in [1.165, 1.54) is 11.1 Å². The van der Waals surface area contributed by atoms with Crippen LogP contribution in [0.15, 0.2) is 60.7 Å². The zero-order chi connectivity index (χ0) is 17.7. The lowest BCUT2D eigenvalue weighted by Crippen LogP contribution is -2.50. The van der Waals surface area contributed by atoms with Gasteiger partial charge in [-0.05, 0) is 30.9 Å². The Labute approximate surface area is 149 Å². The van der Waals surface area contributed by atoms with Gasteiger partial charge in [-0.2, -0.15) is 0 Å². The molecule has 2 aromatic rings. The third-order valence-corrected chi connectivity index (χ3v) is 4.97. The van der Waals surface area contributed by atoms with Crippen LogP contribution in [0.25, 0.3) is 0 Å². The van der Waals surface area contributed by atoms with Crippen molar-refractivity contribution in [2.24, 2.45) is 0 Å². The van der Waals surface area contributed by atoms with Crippen LogP contribution in [0.2, 0.25) is 0 Å². The highest BCUT2D eigenvalue weighted by atomic mass is 16.5. The fourth-order valence-electron chi connectivity index (χ4n) is 3.28. The minimum Gasteiger partial charge on any atom is -0.479 e. The molecule has 0 amide bonds. The molecule has 1 heterocycles. The summed E-state index contributed by atoms with van der Waals surface area (Å²) in [5.41, 5.74) is 1.46. The Morgan fingerprint density at radius 2 is 1.60 bits per heavy atom. The predicted molar refractivity (Wildman–Crippen MR) is 97.1 cm³/mol. The van der Waals surface area contributed by atoms with Crippen LogP contribution in [0.1, 0.15) is 30.9 Å². The third-order valence-electron chi connectivity index (χ3n) is 4.97. The van der Waals surface area contributed by atoms with Crippen molar-refractivity contribution in [3.63, 3.8) is 0 Å². The number of aliphatic carboxylic acids is 1. The molecule has 1 aliphatic rings. The van der Waals surface area contributed by atoms with Crippen molar-refractivity contribution in [1.82, 2.24) is 4.90 Å². The summed E-state index contributed by atoms with van der Waals surface area (Å²) in [4.78, 5) is 13.8. The largest absolute Gasteiger partial charge is 0.479 e. The Morgan fingerprint density at radius 1 is 1.08 bits per heavy atom. The average molecular weight is 339 g/mol. The quantitative estimate of drug-likeness (QED) is 0.872. The Balaban J connectivity index is 1.73. The maximum Gasteiger partial charge on any atom is 0.335 e. The molecule has 4 nitrogen and oxygen atoms in total. The zero-order valence-corrected chi connectivity index (χ0v) is 14.6. The molecule has 0 radical (unpaired) electrons. The average Bonchev–Trinajstić information content (AvgIpc) is 2.63. The molecule has 1 fully saturated rings. The van der Waals surface area contributed by atoms with Crippen molar-refractivity contribution in [3.8, 4) is 0 Å². The highest BCUT2D eigenvalue weighted by Crippen LogP contribution is 2.29. The molecule has 0 spiro atoms.